The Bertz CT molecular complexity index is 893. The first-order chi connectivity index (χ1) is 16.1. The second-order valence-corrected chi connectivity index (χ2v) is 10.2. The molecule has 1 aromatic carbocycles. The smallest absolute Gasteiger partial charge is 0.215 e. The number of rotatable bonds is 14. The van der Waals surface area contributed by atoms with E-state index in [-0.39, 0.29) is 0 Å². The zero-order valence-electron chi connectivity index (χ0n) is 21.7. The van der Waals surface area contributed by atoms with Crippen molar-refractivity contribution in [2.24, 2.45) is 0 Å². The lowest BCUT2D eigenvalue weighted by atomic mass is 10.0. The highest BCUT2D eigenvalue weighted by Gasteiger charge is 2.14. The van der Waals surface area contributed by atoms with Gasteiger partial charge in [-0.25, -0.2) is 8.42 Å². The standard InChI is InChI=1S/C28H44N.H2O4S/c1-5-6-7-8-9-10-11-12-13-14-15-16-17-27-18-20-28(21-19-27)29-25(3)22-24(2)23-26(29)4;1-5(2,3)4/h18-23H,5-17H2,1-4H3;(H2,1,2,3,4)/q+1;/p-1. The Morgan fingerprint density at radius 2 is 1.12 bits per heavy atom. The summed E-state index contributed by atoms with van der Waals surface area (Å²) in [4.78, 5) is 0. The topological polar surface area (TPSA) is 81.3 Å². The average molecular weight is 492 g/mol. The molecule has 0 saturated carbocycles. The maximum Gasteiger partial charge on any atom is 0.215 e. The predicted octanol–water partition coefficient (Wildman–Crippen LogP) is 7.14. The molecule has 2 aromatic rings. The molecule has 34 heavy (non-hydrogen) atoms. The molecule has 0 saturated heterocycles. The van der Waals surface area contributed by atoms with Gasteiger partial charge in [0.25, 0.3) is 0 Å². The zero-order valence-corrected chi connectivity index (χ0v) is 22.5. The summed E-state index contributed by atoms with van der Waals surface area (Å²) in [5.74, 6) is 0. The highest BCUT2D eigenvalue weighted by molar-refractivity contribution is 7.79. The molecule has 0 aliphatic carbocycles. The predicted molar refractivity (Wildman–Crippen MR) is 139 cm³/mol. The lowest BCUT2D eigenvalue weighted by molar-refractivity contribution is -0.609. The van der Waals surface area contributed by atoms with Gasteiger partial charge in [-0.1, -0.05) is 89.7 Å². The molecule has 0 radical (unpaired) electrons. The summed E-state index contributed by atoms with van der Waals surface area (Å²) in [6.07, 6.45) is 18.2. The highest BCUT2D eigenvalue weighted by Crippen LogP contribution is 2.14. The number of unbranched alkanes of at least 4 members (excludes halogenated alkanes) is 11. The third kappa shape index (κ3) is 14.5. The molecule has 6 heteroatoms. The van der Waals surface area contributed by atoms with Gasteiger partial charge in [0.1, 0.15) is 0 Å². The van der Waals surface area contributed by atoms with Gasteiger partial charge < -0.3 is 4.55 Å². The summed E-state index contributed by atoms with van der Waals surface area (Å²) >= 11 is 0. The van der Waals surface area contributed by atoms with Crippen LogP contribution in [0.2, 0.25) is 0 Å². The van der Waals surface area contributed by atoms with E-state index in [0.717, 1.165) is 0 Å². The number of nitrogens with zero attached hydrogens (tertiary/aromatic N) is 1. The Kier molecular flexibility index (Phi) is 15.0. The van der Waals surface area contributed by atoms with Crippen molar-refractivity contribution < 1.29 is 22.1 Å². The van der Waals surface area contributed by atoms with Crippen molar-refractivity contribution in [3.63, 3.8) is 0 Å². The molecular weight excluding hydrogens is 446 g/mol. The van der Waals surface area contributed by atoms with Gasteiger partial charge in [-0.3, -0.25) is 4.55 Å². The van der Waals surface area contributed by atoms with Crippen molar-refractivity contribution in [2.45, 2.75) is 111 Å². The molecule has 0 bridgehead atoms. The van der Waals surface area contributed by atoms with Crippen LogP contribution in [0.5, 0.6) is 0 Å². The van der Waals surface area contributed by atoms with Crippen molar-refractivity contribution >= 4 is 10.4 Å². The SMILES string of the molecule is CCCCCCCCCCCCCCc1ccc(-[n+]2c(C)cc(C)cc2C)cc1.O=S(=O)([O-])O. The molecule has 1 aromatic heterocycles. The molecule has 0 aliphatic heterocycles. The highest BCUT2D eigenvalue weighted by atomic mass is 32.3. The molecule has 0 spiro atoms. The van der Waals surface area contributed by atoms with Gasteiger partial charge in [0.05, 0.1) is 0 Å². The fourth-order valence-corrected chi connectivity index (χ4v) is 4.50. The van der Waals surface area contributed by atoms with E-state index >= 15 is 0 Å². The summed E-state index contributed by atoms with van der Waals surface area (Å²) in [5, 5.41) is 0. The maximum absolute atomic E-state index is 8.63. The van der Waals surface area contributed by atoms with Crippen molar-refractivity contribution in [3.05, 3.63) is 58.9 Å². The summed E-state index contributed by atoms with van der Waals surface area (Å²) in [6, 6.07) is 13.7. The van der Waals surface area contributed by atoms with Gasteiger partial charge in [0, 0.05) is 38.1 Å². The van der Waals surface area contributed by atoms with Crippen LogP contribution in [-0.4, -0.2) is 17.5 Å². The fraction of sp³-hybridized carbons (Fsp3) is 0.607. The molecule has 5 nitrogen and oxygen atoms in total. The third-order valence-corrected chi connectivity index (χ3v) is 6.09. The number of hydrogen-bond acceptors (Lipinski definition) is 3. The number of aryl methyl sites for hydroxylation is 4. The minimum absolute atomic E-state index is 1.22. The maximum atomic E-state index is 8.63. The molecule has 0 atom stereocenters. The molecule has 1 N–H and O–H groups in total. The summed E-state index contributed by atoms with van der Waals surface area (Å²) in [6.45, 7) is 8.85. The fourth-order valence-electron chi connectivity index (χ4n) is 4.50. The van der Waals surface area contributed by atoms with E-state index < -0.39 is 10.4 Å². The van der Waals surface area contributed by atoms with Crippen molar-refractivity contribution in [3.8, 4) is 5.69 Å². The van der Waals surface area contributed by atoms with E-state index in [1.807, 2.05) is 0 Å². The lowest BCUT2D eigenvalue weighted by Crippen LogP contribution is -2.37. The van der Waals surface area contributed by atoms with Gasteiger partial charge >= 0.3 is 0 Å². The monoisotopic (exact) mass is 491 g/mol. The van der Waals surface area contributed by atoms with Crippen LogP contribution < -0.4 is 4.57 Å². The minimum atomic E-state index is -4.92. The first-order valence-electron chi connectivity index (χ1n) is 12.9. The van der Waals surface area contributed by atoms with Gasteiger partial charge in [-0.2, -0.15) is 4.57 Å². The quantitative estimate of drug-likeness (QED) is 0.132. The lowest BCUT2D eigenvalue weighted by Gasteiger charge is -2.06. The normalized spacial score (nSPS) is 11.2. The second-order valence-electron chi connectivity index (χ2n) is 9.38. The van der Waals surface area contributed by atoms with Crippen LogP contribution in [0.25, 0.3) is 5.69 Å². The van der Waals surface area contributed by atoms with Crippen molar-refractivity contribution in [1.29, 1.82) is 0 Å². The zero-order chi connectivity index (χ0) is 25.4. The molecule has 0 unspecified atom stereocenters. The Hall–Kier alpha value is -1.76. The molecule has 0 fully saturated rings. The van der Waals surface area contributed by atoms with E-state index in [1.165, 1.54) is 112 Å². The van der Waals surface area contributed by atoms with Crippen LogP contribution in [0.4, 0.5) is 0 Å². The number of aromatic nitrogens is 1. The Morgan fingerprint density at radius 3 is 1.53 bits per heavy atom. The molecular formula is C28H45NO4S. The Morgan fingerprint density at radius 1 is 0.735 bits per heavy atom. The summed E-state index contributed by atoms with van der Waals surface area (Å²) < 4.78 is 35.2. The summed E-state index contributed by atoms with van der Waals surface area (Å²) in [7, 11) is -4.92. The number of benzene rings is 1. The molecule has 1 heterocycles. The van der Waals surface area contributed by atoms with Crippen molar-refractivity contribution in [1.82, 2.24) is 0 Å². The molecule has 192 valence electrons. The van der Waals surface area contributed by atoms with Crippen LogP contribution in [0, 0.1) is 20.8 Å². The molecule has 0 amide bonds. The summed E-state index contributed by atoms with van der Waals surface area (Å²) in [5.41, 5.74) is 6.69. The first kappa shape index (κ1) is 30.3. The van der Waals surface area contributed by atoms with E-state index in [9.17, 15) is 0 Å². The Balaban J connectivity index is 0.00000104. The van der Waals surface area contributed by atoms with E-state index in [0.29, 0.717) is 0 Å². The number of pyridine rings is 1. The van der Waals surface area contributed by atoms with Gasteiger partial charge in [0.15, 0.2) is 11.4 Å². The minimum Gasteiger partial charge on any atom is -0.726 e. The molecule has 2 rings (SSSR count). The van der Waals surface area contributed by atoms with Gasteiger partial charge in [-0.15, -0.1) is 0 Å². The van der Waals surface area contributed by atoms with Crippen LogP contribution in [0.15, 0.2) is 36.4 Å². The van der Waals surface area contributed by atoms with E-state index in [1.54, 1.807) is 0 Å². The van der Waals surface area contributed by atoms with Crippen LogP contribution >= 0.6 is 0 Å². The second kappa shape index (κ2) is 16.8. The largest absolute Gasteiger partial charge is 0.726 e. The average Bonchev–Trinajstić information content (AvgIpc) is 2.74. The first-order valence-corrected chi connectivity index (χ1v) is 14.3. The van der Waals surface area contributed by atoms with Crippen molar-refractivity contribution in [2.75, 3.05) is 0 Å². The van der Waals surface area contributed by atoms with Crippen LogP contribution in [-0.2, 0) is 16.8 Å². The molecule has 0 aliphatic rings. The van der Waals surface area contributed by atoms with E-state index in [2.05, 4.69) is 68.7 Å². The Labute approximate surface area is 208 Å². The van der Waals surface area contributed by atoms with Gasteiger partial charge in [-0.05, 0) is 30.9 Å². The van der Waals surface area contributed by atoms with Gasteiger partial charge in [0.2, 0.25) is 16.1 Å². The van der Waals surface area contributed by atoms with E-state index in [4.69, 9.17) is 17.5 Å². The third-order valence-electron chi connectivity index (χ3n) is 6.09. The van der Waals surface area contributed by atoms with Crippen LogP contribution in [0.1, 0.15) is 106 Å². The number of hydrogen-bond donors (Lipinski definition) is 1. The van der Waals surface area contributed by atoms with Crippen LogP contribution in [0.3, 0.4) is 0 Å².